The third kappa shape index (κ3) is 7.44. The number of nitrogens with zero attached hydrogens (tertiary/aromatic N) is 2. The fraction of sp³-hybridized carbons (Fsp3) is 0.324. The number of aryl methyl sites for hydroxylation is 1. The Kier molecular flexibility index (Phi) is 9.10. The minimum Gasteiger partial charge on any atom is -0.496 e. The number of allylic oxidation sites excluding steroid dienone is 3. The fourth-order valence-electron chi connectivity index (χ4n) is 6.00. The molecule has 2 aliphatic rings. The molecule has 0 amide bonds. The maximum Gasteiger partial charge on any atom is 0.433 e. The summed E-state index contributed by atoms with van der Waals surface area (Å²) in [5, 5.41) is 13.2. The van der Waals surface area contributed by atoms with E-state index in [2.05, 4.69) is 10.1 Å². The fourth-order valence-corrected chi connectivity index (χ4v) is 6.00. The molecule has 6 nitrogen and oxygen atoms in total. The van der Waals surface area contributed by atoms with Gasteiger partial charge < -0.3 is 14.7 Å². The first-order valence-corrected chi connectivity index (χ1v) is 14.6. The summed E-state index contributed by atoms with van der Waals surface area (Å²) in [4.78, 5) is 20.4. The number of aromatic carboxylic acids is 1. The van der Waals surface area contributed by atoms with Gasteiger partial charge in [-0.25, -0.2) is 4.79 Å². The van der Waals surface area contributed by atoms with Crippen molar-refractivity contribution in [3.63, 3.8) is 0 Å². The zero-order valence-corrected chi connectivity index (χ0v) is 25.9. The summed E-state index contributed by atoms with van der Waals surface area (Å²) < 4.78 is 129. The highest BCUT2D eigenvalue weighted by atomic mass is 19.4. The highest BCUT2D eigenvalue weighted by Gasteiger charge is 2.49. The zero-order valence-electron chi connectivity index (χ0n) is 25.9. The summed E-state index contributed by atoms with van der Waals surface area (Å²) in [7, 11) is 1.35. The van der Waals surface area contributed by atoms with Crippen LogP contribution in [0.5, 0.6) is 5.75 Å². The van der Waals surface area contributed by atoms with Crippen LogP contribution in [0.25, 0.3) is 22.3 Å². The van der Waals surface area contributed by atoms with Crippen molar-refractivity contribution >= 4 is 11.7 Å². The number of ether oxygens (including phenoxy) is 1. The van der Waals surface area contributed by atoms with Gasteiger partial charge in [-0.05, 0) is 72.0 Å². The molecule has 1 unspecified atom stereocenters. The molecule has 260 valence electrons. The Balaban J connectivity index is 1.52. The number of aromatic nitrogens is 1. The molecular formula is C34H27F9N2O4. The van der Waals surface area contributed by atoms with Crippen molar-refractivity contribution in [1.82, 2.24) is 4.98 Å². The number of rotatable bonds is 7. The van der Waals surface area contributed by atoms with Crippen molar-refractivity contribution in [3.05, 3.63) is 94.3 Å². The first kappa shape index (κ1) is 35.5. The van der Waals surface area contributed by atoms with Gasteiger partial charge in [0.2, 0.25) is 0 Å². The summed E-state index contributed by atoms with van der Waals surface area (Å²) >= 11 is 0. The zero-order chi connectivity index (χ0) is 36.1. The molecule has 49 heavy (non-hydrogen) atoms. The second-order valence-electron chi connectivity index (χ2n) is 12.1. The smallest absolute Gasteiger partial charge is 0.433 e. The summed E-state index contributed by atoms with van der Waals surface area (Å²) in [6.45, 7) is 2.88. The number of carboxylic acids is 1. The van der Waals surface area contributed by atoms with Gasteiger partial charge in [-0.2, -0.15) is 39.5 Å². The predicted molar refractivity (Wildman–Crippen MR) is 160 cm³/mol. The number of methoxy groups -OCH3 is 1. The second kappa shape index (κ2) is 12.6. The number of benzene rings is 2. The van der Waals surface area contributed by atoms with Gasteiger partial charge in [-0.15, -0.1) is 0 Å². The largest absolute Gasteiger partial charge is 0.496 e. The summed E-state index contributed by atoms with van der Waals surface area (Å²) in [6, 6.07) is 10.1. The van der Waals surface area contributed by atoms with E-state index >= 15 is 0 Å². The third-order valence-corrected chi connectivity index (χ3v) is 8.49. The van der Waals surface area contributed by atoms with Gasteiger partial charge >= 0.3 is 24.5 Å². The van der Waals surface area contributed by atoms with Gasteiger partial charge in [0.05, 0.1) is 24.0 Å². The molecule has 15 heteroatoms. The van der Waals surface area contributed by atoms with Gasteiger partial charge in [-0.3, -0.25) is 4.98 Å². The lowest BCUT2D eigenvalue weighted by Gasteiger charge is -2.36. The van der Waals surface area contributed by atoms with Crippen molar-refractivity contribution in [2.45, 2.75) is 57.7 Å². The van der Waals surface area contributed by atoms with Crippen molar-refractivity contribution < 1.29 is 59.0 Å². The molecule has 2 aromatic carbocycles. The number of halogens is 9. The number of hydrogen-bond donors (Lipinski definition) is 1. The van der Waals surface area contributed by atoms with Crippen LogP contribution in [0.1, 0.15) is 46.9 Å². The third-order valence-electron chi connectivity index (χ3n) is 8.49. The SMILES string of the molecule is COc1ccc(-c2ccc(C(=O)O)cc2C)cc1-c1cnc(C(F)(F)F)cc1CC1=NO[C@H](C2(C)C=C(C(F)(F)F)C=C(C(F)(F)F)C2)C1. The molecule has 2 atom stereocenters. The molecule has 1 aromatic heterocycles. The number of oxime groups is 1. The maximum atomic E-state index is 13.8. The van der Waals surface area contributed by atoms with Gasteiger partial charge in [-0.1, -0.05) is 30.3 Å². The molecule has 2 heterocycles. The number of hydrogen-bond acceptors (Lipinski definition) is 5. The maximum absolute atomic E-state index is 13.8. The molecule has 0 bridgehead atoms. The van der Waals surface area contributed by atoms with E-state index in [1.165, 1.54) is 26.2 Å². The summed E-state index contributed by atoms with van der Waals surface area (Å²) in [5.74, 6) is -0.877. The molecule has 0 fully saturated rings. The van der Waals surface area contributed by atoms with Crippen LogP contribution in [-0.2, 0) is 17.4 Å². The normalized spacial score (nSPS) is 19.9. The Hall–Kier alpha value is -4.82. The number of alkyl halides is 9. The minimum absolute atomic E-state index is 0.0370. The number of pyridine rings is 1. The van der Waals surface area contributed by atoms with E-state index in [1.54, 1.807) is 31.2 Å². The van der Waals surface area contributed by atoms with Crippen LogP contribution in [0.15, 0.2) is 77.1 Å². The van der Waals surface area contributed by atoms with Crippen LogP contribution < -0.4 is 4.74 Å². The van der Waals surface area contributed by atoms with E-state index in [0.717, 1.165) is 12.3 Å². The van der Waals surface area contributed by atoms with Gasteiger partial charge in [0.15, 0.2) is 0 Å². The van der Waals surface area contributed by atoms with Crippen molar-refractivity contribution in [2.75, 3.05) is 7.11 Å². The molecule has 3 aromatic rings. The Morgan fingerprint density at radius 3 is 2.27 bits per heavy atom. The summed E-state index contributed by atoms with van der Waals surface area (Å²) in [5.41, 5.74) is -3.45. The van der Waals surface area contributed by atoms with Crippen LogP contribution in [0.2, 0.25) is 0 Å². The van der Waals surface area contributed by atoms with Crippen LogP contribution in [0.3, 0.4) is 0 Å². The highest BCUT2D eigenvalue weighted by Crippen LogP contribution is 2.49. The standard InChI is InChI=1S/C34H27F9N2O4/c1-17-8-19(30(46)47)4-6-24(17)18-5-7-27(48-3)25(10-18)26-16-44-28(34(41,42)43)11-20(26)9-23-13-29(49-45-23)31(2)14-21(32(35,36)37)12-22(15-31)33(38,39)40/h4-8,10-12,14,16,29H,9,13,15H2,1-3H3,(H,46,47)/t29-,31?/m0/s1. The van der Waals surface area contributed by atoms with Crippen molar-refractivity contribution in [3.8, 4) is 28.0 Å². The molecule has 1 N–H and O–H groups in total. The lowest BCUT2D eigenvalue weighted by molar-refractivity contribution is -0.141. The van der Waals surface area contributed by atoms with Crippen LogP contribution in [-0.4, -0.2) is 47.3 Å². The Morgan fingerprint density at radius 1 is 0.959 bits per heavy atom. The first-order chi connectivity index (χ1) is 22.7. The van der Waals surface area contributed by atoms with E-state index < -0.39 is 59.3 Å². The second-order valence-corrected chi connectivity index (χ2v) is 12.1. The topological polar surface area (TPSA) is 81.0 Å². The van der Waals surface area contributed by atoms with Crippen molar-refractivity contribution in [2.24, 2.45) is 10.6 Å². The molecule has 0 saturated heterocycles. The molecular weight excluding hydrogens is 671 g/mol. The van der Waals surface area contributed by atoms with Crippen LogP contribution >= 0.6 is 0 Å². The molecule has 0 radical (unpaired) electrons. The summed E-state index contributed by atoms with van der Waals surface area (Å²) in [6.07, 6.45) is -15.9. The average molecular weight is 699 g/mol. The minimum atomic E-state index is -5.08. The van der Waals surface area contributed by atoms with E-state index in [9.17, 15) is 49.4 Å². The van der Waals surface area contributed by atoms with Gasteiger partial charge in [0.25, 0.3) is 0 Å². The van der Waals surface area contributed by atoms with Crippen molar-refractivity contribution in [1.29, 1.82) is 0 Å². The average Bonchev–Trinajstić information content (AvgIpc) is 3.48. The molecule has 1 aliphatic carbocycles. The molecule has 0 saturated carbocycles. The first-order valence-electron chi connectivity index (χ1n) is 14.6. The Morgan fingerprint density at radius 2 is 1.67 bits per heavy atom. The molecule has 0 spiro atoms. The van der Waals surface area contributed by atoms with Crippen LogP contribution in [0, 0.1) is 12.3 Å². The highest BCUT2D eigenvalue weighted by molar-refractivity contribution is 5.91. The van der Waals surface area contributed by atoms with Gasteiger partial charge in [0, 0.05) is 41.2 Å². The van der Waals surface area contributed by atoms with E-state index in [1.807, 2.05) is 0 Å². The van der Waals surface area contributed by atoms with Gasteiger partial charge in [0.1, 0.15) is 17.5 Å². The lowest BCUT2D eigenvalue weighted by Crippen LogP contribution is -2.37. The van der Waals surface area contributed by atoms with Crippen LogP contribution in [0.4, 0.5) is 39.5 Å². The monoisotopic (exact) mass is 698 g/mol. The van der Waals surface area contributed by atoms with E-state index in [0.29, 0.717) is 28.3 Å². The number of carbonyl (C=O) groups is 1. The lowest BCUT2D eigenvalue weighted by atomic mass is 9.72. The molecule has 1 aliphatic heterocycles. The molecule has 5 rings (SSSR count). The Labute approximate surface area is 273 Å². The number of carboxylic acid groups (broad SMARTS) is 1. The van der Waals surface area contributed by atoms with E-state index in [-0.39, 0.29) is 47.1 Å². The Bertz CT molecular complexity index is 1890. The predicted octanol–water partition coefficient (Wildman–Crippen LogP) is 9.52. The van der Waals surface area contributed by atoms with E-state index in [4.69, 9.17) is 9.57 Å². The quantitative estimate of drug-likeness (QED) is 0.249.